The minimum Gasteiger partial charge on any atom is -0.512 e. The van der Waals surface area contributed by atoms with Gasteiger partial charge in [-0.2, -0.15) is 0 Å². The van der Waals surface area contributed by atoms with Gasteiger partial charge < -0.3 is 11.8 Å². The van der Waals surface area contributed by atoms with E-state index in [2.05, 4.69) is 0 Å². The molecule has 0 aromatic rings. The summed E-state index contributed by atoms with van der Waals surface area (Å²) in [7, 11) is 0. The third kappa shape index (κ3) is 10.6. The van der Waals surface area contributed by atoms with Crippen LogP contribution in [0.4, 0.5) is 0 Å². The van der Waals surface area contributed by atoms with Crippen molar-refractivity contribution in [3.8, 4) is 17.9 Å². The molecule has 0 unspecified atom stereocenters. The summed E-state index contributed by atoms with van der Waals surface area (Å²) in [6, 6.07) is 0. The molecule has 0 aromatic heterocycles. The van der Waals surface area contributed by atoms with Gasteiger partial charge in [-0.3, -0.25) is 0 Å². The SMILES string of the molecule is N#CB(C#N)C#N.[C-]#N.[K+]. The molecule has 10 heavy (non-hydrogen) atoms. The molecular formula is C4BKN4. The zero-order chi connectivity index (χ0) is 7.70. The Kier molecular flexibility index (Phi) is 25.9. The Bertz CT molecular complexity index is 171. The van der Waals surface area contributed by atoms with Gasteiger partial charge in [-0.1, -0.05) is 0 Å². The maximum absolute atomic E-state index is 7.83. The fourth-order valence-electron chi connectivity index (χ4n) is 0.0866. The van der Waals surface area contributed by atoms with Crippen molar-refractivity contribution in [3.05, 3.63) is 6.57 Å². The second-order valence-electron chi connectivity index (χ2n) is 0.820. The molecule has 0 aromatic carbocycles. The summed E-state index contributed by atoms with van der Waals surface area (Å²) in [4.78, 5) is 0. The molecule has 0 aliphatic carbocycles. The van der Waals surface area contributed by atoms with E-state index in [9.17, 15) is 0 Å². The molecule has 0 amide bonds. The first-order valence-corrected chi connectivity index (χ1v) is 1.76. The molecule has 4 nitrogen and oxygen atoms in total. The Morgan fingerprint density at radius 1 is 0.900 bits per heavy atom. The van der Waals surface area contributed by atoms with Crippen LogP contribution in [0.25, 0.3) is 0 Å². The second-order valence-corrected chi connectivity index (χ2v) is 0.820. The normalized spacial score (nSPS) is 3.50. The van der Waals surface area contributed by atoms with E-state index in [0.717, 1.165) is 0 Å². The first kappa shape index (κ1) is 16.3. The average Bonchev–Trinajstić information content (AvgIpc) is 1.96. The summed E-state index contributed by atoms with van der Waals surface area (Å²) in [5.74, 6) is 4.44. The molecule has 0 aliphatic heterocycles. The summed E-state index contributed by atoms with van der Waals surface area (Å²) in [6.07, 6.45) is 0. The molecular weight excluding hydrogens is 154 g/mol. The van der Waals surface area contributed by atoms with Gasteiger partial charge in [0.25, 0.3) is 0 Å². The van der Waals surface area contributed by atoms with Gasteiger partial charge in [-0.25, -0.2) is 15.8 Å². The van der Waals surface area contributed by atoms with Crippen molar-refractivity contribution >= 4 is 6.71 Å². The van der Waals surface area contributed by atoms with E-state index in [0.29, 0.717) is 0 Å². The Balaban J connectivity index is -0.000000149. The van der Waals surface area contributed by atoms with Crippen LogP contribution in [-0.2, 0) is 0 Å². The smallest absolute Gasteiger partial charge is 0.512 e. The van der Waals surface area contributed by atoms with Gasteiger partial charge in [0.2, 0.25) is 0 Å². The van der Waals surface area contributed by atoms with Crippen LogP contribution in [0.3, 0.4) is 0 Å². The molecule has 0 radical (unpaired) electrons. The van der Waals surface area contributed by atoms with E-state index in [1.165, 1.54) is 17.9 Å². The number of rotatable bonds is 0. The molecule has 6 heteroatoms. The molecule has 0 bridgehead atoms. The molecule has 40 valence electrons. The van der Waals surface area contributed by atoms with Crippen LogP contribution in [0.15, 0.2) is 0 Å². The van der Waals surface area contributed by atoms with Crippen molar-refractivity contribution in [1.82, 2.24) is 0 Å². The monoisotopic (exact) mass is 154 g/mol. The maximum atomic E-state index is 7.83. The van der Waals surface area contributed by atoms with E-state index in [-0.39, 0.29) is 51.4 Å². The van der Waals surface area contributed by atoms with Crippen LogP contribution in [-0.4, -0.2) is 6.71 Å². The third-order valence-electron chi connectivity index (χ3n) is 0.387. The van der Waals surface area contributed by atoms with Gasteiger partial charge >= 0.3 is 58.1 Å². The summed E-state index contributed by atoms with van der Waals surface area (Å²) in [6.45, 7) is 3.65. The van der Waals surface area contributed by atoms with Crippen LogP contribution in [0, 0.1) is 45.5 Å². The van der Waals surface area contributed by atoms with Crippen LogP contribution in [0.2, 0.25) is 0 Å². The standard InChI is InChI=1S/C3BN3.CN.K/c5-1-4(2-6)3-7;1-2;/q;-1;+1. The van der Waals surface area contributed by atoms with Crippen LogP contribution in [0.5, 0.6) is 0 Å². The molecule has 0 rings (SSSR count). The molecule has 0 heterocycles. The van der Waals surface area contributed by atoms with Crippen molar-refractivity contribution < 1.29 is 51.4 Å². The number of hydrogen-bond acceptors (Lipinski definition) is 4. The maximum Gasteiger partial charge on any atom is 1.00 e. The van der Waals surface area contributed by atoms with Gasteiger partial charge in [0.05, 0.1) is 0 Å². The van der Waals surface area contributed by atoms with Gasteiger partial charge in [0.15, 0.2) is 0 Å². The Morgan fingerprint density at radius 3 is 1.10 bits per heavy atom. The average molecular weight is 154 g/mol. The van der Waals surface area contributed by atoms with E-state index in [4.69, 9.17) is 27.6 Å². The number of nitrogens with zero attached hydrogens (tertiary/aromatic N) is 4. The minimum absolute atomic E-state index is 0. The molecule has 0 fully saturated rings. The predicted molar refractivity (Wildman–Crippen MR) is 27.6 cm³/mol. The predicted octanol–water partition coefficient (Wildman–Crippen LogP) is -3.23. The van der Waals surface area contributed by atoms with Crippen molar-refractivity contribution in [1.29, 1.82) is 21.0 Å². The minimum atomic E-state index is -1.10. The van der Waals surface area contributed by atoms with Gasteiger partial charge in [-0.15, -0.1) is 0 Å². The molecule has 0 spiro atoms. The Morgan fingerprint density at radius 2 is 1.10 bits per heavy atom. The fraction of sp³-hybridized carbons (Fsp3) is 0. The van der Waals surface area contributed by atoms with Crippen molar-refractivity contribution in [2.45, 2.75) is 0 Å². The first-order valence-electron chi connectivity index (χ1n) is 1.76. The van der Waals surface area contributed by atoms with Crippen molar-refractivity contribution in [3.63, 3.8) is 0 Å². The van der Waals surface area contributed by atoms with E-state index < -0.39 is 6.71 Å². The molecule has 0 aliphatic rings. The van der Waals surface area contributed by atoms with Gasteiger partial charge in [0.1, 0.15) is 0 Å². The van der Waals surface area contributed by atoms with E-state index in [1.807, 2.05) is 0 Å². The van der Waals surface area contributed by atoms with Gasteiger partial charge in [-0.05, 0) is 0 Å². The zero-order valence-corrected chi connectivity index (χ0v) is 8.49. The summed E-state index contributed by atoms with van der Waals surface area (Å²) < 4.78 is 0. The van der Waals surface area contributed by atoms with E-state index >= 15 is 0 Å². The van der Waals surface area contributed by atoms with Crippen LogP contribution >= 0.6 is 0 Å². The number of hydrogen-bond donors (Lipinski definition) is 0. The summed E-state index contributed by atoms with van der Waals surface area (Å²) >= 11 is 0. The largest absolute Gasteiger partial charge is 1.00 e. The second kappa shape index (κ2) is 15.9. The molecule has 0 atom stereocenters. The molecule has 0 saturated heterocycles. The first-order chi connectivity index (χ1) is 4.35. The molecule has 0 N–H and O–H groups in total. The van der Waals surface area contributed by atoms with Crippen LogP contribution < -0.4 is 51.4 Å². The van der Waals surface area contributed by atoms with Crippen molar-refractivity contribution in [2.75, 3.05) is 0 Å². The third-order valence-corrected chi connectivity index (χ3v) is 0.387. The Hall–Kier alpha value is -0.339. The summed E-state index contributed by atoms with van der Waals surface area (Å²) in [5, 5.41) is 29.7. The zero-order valence-electron chi connectivity index (χ0n) is 5.37. The molecule has 0 saturated carbocycles. The van der Waals surface area contributed by atoms with E-state index in [1.54, 1.807) is 0 Å². The number of nitriles is 3. The quantitative estimate of drug-likeness (QED) is 0.270. The van der Waals surface area contributed by atoms with Gasteiger partial charge in [0, 0.05) is 17.9 Å². The van der Waals surface area contributed by atoms with Crippen LogP contribution in [0.1, 0.15) is 0 Å². The summed E-state index contributed by atoms with van der Waals surface area (Å²) in [5.41, 5.74) is 0. The Labute approximate surface area is 102 Å². The van der Waals surface area contributed by atoms with Crippen molar-refractivity contribution in [2.24, 2.45) is 0 Å². The topological polar surface area (TPSA) is 95.2 Å². The fourth-order valence-corrected chi connectivity index (χ4v) is 0.0866.